The number of fused-ring (bicyclic) bond motifs is 1. The molecule has 1 aliphatic heterocycles. The molecule has 2 aromatic heterocycles. The highest BCUT2D eigenvalue weighted by Gasteiger charge is 2.26. The molecule has 3 heterocycles. The summed E-state index contributed by atoms with van der Waals surface area (Å²) in [6.07, 6.45) is 4.09. The summed E-state index contributed by atoms with van der Waals surface area (Å²) in [6.45, 7) is 10.0. The number of benzene rings is 1. The van der Waals surface area contributed by atoms with Crippen molar-refractivity contribution < 1.29 is 9.53 Å². The van der Waals surface area contributed by atoms with E-state index in [0.717, 1.165) is 55.0 Å². The summed E-state index contributed by atoms with van der Waals surface area (Å²) >= 11 is 0. The molecule has 1 fully saturated rings. The van der Waals surface area contributed by atoms with E-state index in [2.05, 4.69) is 47.2 Å². The van der Waals surface area contributed by atoms with Crippen LogP contribution in [-0.4, -0.2) is 52.3 Å². The Morgan fingerprint density at radius 1 is 1.25 bits per heavy atom. The Morgan fingerprint density at radius 3 is 2.88 bits per heavy atom. The van der Waals surface area contributed by atoms with Crippen LogP contribution in [0.15, 0.2) is 30.5 Å². The van der Waals surface area contributed by atoms with Gasteiger partial charge in [-0.1, -0.05) is 6.07 Å². The van der Waals surface area contributed by atoms with Crippen molar-refractivity contribution in [1.82, 2.24) is 25.0 Å². The SMILES string of the molecule is COc1ccc(CN2CCCC(c3nn(CCNC(C)=O)c4ncccc34)C2)c(C)c1C. The highest BCUT2D eigenvalue weighted by atomic mass is 16.5. The number of aromatic nitrogens is 3. The maximum absolute atomic E-state index is 11.2. The molecule has 0 saturated carbocycles. The normalized spacial score (nSPS) is 16.9. The van der Waals surface area contributed by atoms with E-state index < -0.39 is 0 Å². The van der Waals surface area contributed by atoms with Gasteiger partial charge in [-0.25, -0.2) is 9.67 Å². The minimum Gasteiger partial charge on any atom is -0.496 e. The van der Waals surface area contributed by atoms with Gasteiger partial charge in [0, 0.05) is 44.1 Å². The molecule has 1 saturated heterocycles. The number of rotatable bonds is 7. The van der Waals surface area contributed by atoms with Crippen LogP contribution in [0.1, 0.15) is 48.1 Å². The fourth-order valence-electron chi connectivity index (χ4n) is 4.74. The lowest BCUT2D eigenvalue weighted by Crippen LogP contribution is -2.34. The minimum absolute atomic E-state index is 0.0263. The number of nitrogens with zero attached hydrogens (tertiary/aromatic N) is 4. The van der Waals surface area contributed by atoms with E-state index in [0.29, 0.717) is 19.0 Å². The van der Waals surface area contributed by atoms with E-state index >= 15 is 0 Å². The van der Waals surface area contributed by atoms with Gasteiger partial charge in [0.2, 0.25) is 5.91 Å². The lowest BCUT2D eigenvalue weighted by Gasteiger charge is -2.32. The predicted molar refractivity (Wildman–Crippen MR) is 126 cm³/mol. The van der Waals surface area contributed by atoms with Gasteiger partial charge in [-0.05, 0) is 68.1 Å². The summed E-state index contributed by atoms with van der Waals surface area (Å²) < 4.78 is 7.42. The van der Waals surface area contributed by atoms with E-state index in [1.807, 2.05) is 16.9 Å². The van der Waals surface area contributed by atoms with E-state index in [9.17, 15) is 4.79 Å². The van der Waals surface area contributed by atoms with Crippen LogP contribution in [0.3, 0.4) is 0 Å². The van der Waals surface area contributed by atoms with Gasteiger partial charge in [0.25, 0.3) is 0 Å². The average molecular weight is 436 g/mol. The van der Waals surface area contributed by atoms with Crippen molar-refractivity contribution in [2.75, 3.05) is 26.7 Å². The molecule has 1 N–H and O–H groups in total. The second kappa shape index (κ2) is 9.69. The predicted octanol–water partition coefficient (Wildman–Crippen LogP) is 3.57. The van der Waals surface area contributed by atoms with Gasteiger partial charge < -0.3 is 10.1 Å². The number of methoxy groups -OCH3 is 1. The first-order chi connectivity index (χ1) is 15.5. The minimum atomic E-state index is -0.0263. The van der Waals surface area contributed by atoms with E-state index in [1.54, 1.807) is 7.11 Å². The van der Waals surface area contributed by atoms with Crippen molar-refractivity contribution in [3.63, 3.8) is 0 Å². The molecular weight excluding hydrogens is 402 g/mol. The molecular formula is C25H33N5O2. The molecule has 32 heavy (non-hydrogen) atoms. The van der Waals surface area contributed by atoms with Gasteiger partial charge in [0.05, 0.1) is 19.3 Å². The number of ether oxygens (including phenoxy) is 1. The zero-order valence-corrected chi connectivity index (χ0v) is 19.5. The maximum atomic E-state index is 11.2. The molecule has 0 bridgehead atoms. The number of likely N-dealkylation sites (tertiary alicyclic amines) is 1. The van der Waals surface area contributed by atoms with Gasteiger partial charge in [0.15, 0.2) is 5.65 Å². The fourth-order valence-corrected chi connectivity index (χ4v) is 4.74. The number of hydrogen-bond acceptors (Lipinski definition) is 5. The molecule has 1 amide bonds. The maximum Gasteiger partial charge on any atom is 0.216 e. The molecule has 0 spiro atoms. The molecule has 170 valence electrons. The summed E-state index contributed by atoms with van der Waals surface area (Å²) in [6, 6.07) is 8.38. The van der Waals surface area contributed by atoms with Crippen molar-refractivity contribution in [1.29, 1.82) is 0 Å². The van der Waals surface area contributed by atoms with E-state index in [1.165, 1.54) is 23.6 Å². The van der Waals surface area contributed by atoms with Gasteiger partial charge >= 0.3 is 0 Å². The van der Waals surface area contributed by atoms with Crippen molar-refractivity contribution in [3.8, 4) is 5.75 Å². The quantitative estimate of drug-likeness (QED) is 0.614. The topological polar surface area (TPSA) is 72.3 Å². The Hall–Kier alpha value is -2.93. The second-order valence-electron chi connectivity index (χ2n) is 8.72. The molecule has 4 rings (SSSR count). The fraction of sp³-hybridized carbons (Fsp3) is 0.480. The molecule has 0 radical (unpaired) electrons. The van der Waals surface area contributed by atoms with Crippen LogP contribution in [0.2, 0.25) is 0 Å². The summed E-state index contributed by atoms with van der Waals surface area (Å²) in [5.74, 6) is 1.30. The van der Waals surface area contributed by atoms with Crippen LogP contribution in [0.25, 0.3) is 11.0 Å². The summed E-state index contributed by atoms with van der Waals surface area (Å²) in [7, 11) is 1.73. The van der Waals surface area contributed by atoms with Gasteiger partial charge in [0.1, 0.15) is 5.75 Å². The van der Waals surface area contributed by atoms with Crippen molar-refractivity contribution >= 4 is 16.9 Å². The van der Waals surface area contributed by atoms with Gasteiger partial charge in [-0.3, -0.25) is 9.69 Å². The summed E-state index contributed by atoms with van der Waals surface area (Å²) in [5.41, 5.74) is 5.91. The van der Waals surface area contributed by atoms with E-state index in [4.69, 9.17) is 9.84 Å². The second-order valence-corrected chi connectivity index (χ2v) is 8.72. The third-order valence-corrected chi connectivity index (χ3v) is 6.59. The average Bonchev–Trinajstić information content (AvgIpc) is 3.16. The van der Waals surface area contributed by atoms with Crippen LogP contribution < -0.4 is 10.1 Å². The molecule has 0 aliphatic carbocycles. The number of nitrogens with one attached hydrogen (secondary N) is 1. The zero-order chi connectivity index (χ0) is 22.7. The number of pyridine rings is 1. The molecule has 1 atom stereocenters. The standard InChI is InChI=1S/C25H33N5O2/c1-17-18(2)23(32-4)10-9-20(17)15-29-13-6-7-21(16-29)24-22-8-5-11-27-25(22)30(28-24)14-12-26-19(3)31/h5,8-11,21H,6-7,12-16H2,1-4H3,(H,26,31). The molecule has 7 heteroatoms. The molecule has 3 aromatic rings. The lowest BCUT2D eigenvalue weighted by atomic mass is 9.92. The molecule has 7 nitrogen and oxygen atoms in total. The molecule has 1 aliphatic rings. The highest BCUT2D eigenvalue weighted by Crippen LogP contribution is 2.32. The number of carbonyl (C=O) groups is 1. The Labute approximate surface area is 189 Å². The Balaban J connectivity index is 1.53. The van der Waals surface area contributed by atoms with Crippen LogP contribution in [0, 0.1) is 13.8 Å². The van der Waals surface area contributed by atoms with Crippen LogP contribution >= 0.6 is 0 Å². The first-order valence-corrected chi connectivity index (χ1v) is 11.4. The first kappa shape index (κ1) is 22.3. The Morgan fingerprint density at radius 2 is 2.09 bits per heavy atom. The first-order valence-electron chi connectivity index (χ1n) is 11.4. The highest BCUT2D eigenvalue weighted by molar-refractivity contribution is 5.79. The largest absolute Gasteiger partial charge is 0.496 e. The number of amides is 1. The number of carbonyl (C=O) groups excluding carboxylic acids is 1. The third-order valence-electron chi connectivity index (χ3n) is 6.59. The van der Waals surface area contributed by atoms with E-state index in [-0.39, 0.29) is 5.91 Å². The summed E-state index contributed by atoms with van der Waals surface area (Å²) in [5, 5.41) is 8.94. The molecule has 1 aromatic carbocycles. The molecule has 1 unspecified atom stereocenters. The lowest BCUT2D eigenvalue weighted by molar-refractivity contribution is -0.118. The zero-order valence-electron chi connectivity index (χ0n) is 19.5. The number of hydrogen-bond donors (Lipinski definition) is 1. The Bertz CT molecular complexity index is 1110. The van der Waals surface area contributed by atoms with Crippen LogP contribution in [-0.2, 0) is 17.9 Å². The van der Waals surface area contributed by atoms with Crippen LogP contribution in [0.4, 0.5) is 0 Å². The monoisotopic (exact) mass is 435 g/mol. The van der Waals surface area contributed by atoms with Crippen LogP contribution in [0.5, 0.6) is 5.75 Å². The Kier molecular flexibility index (Phi) is 6.74. The van der Waals surface area contributed by atoms with Crippen molar-refractivity contribution in [3.05, 3.63) is 52.8 Å². The number of piperidine rings is 1. The van der Waals surface area contributed by atoms with Crippen molar-refractivity contribution in [2.45, 2.75) is 52.6 Å². The van der Waals surface area contributed by atoms with Gasteiger partial charge in [-0.2, -0.15) is 5.10 Å². The van der Waals surface area contributed by atoms with Crippen molar-refractivity contribution in [2.24, 2.45) is 0 Å². The summed E-state index contributed by atoms with van der Waals surface area (Å²) in [4.78, 5) is 18.4. The smallest absolute Gasteiger partial charge is 0.216 e. The van der Waals surface area contributed by atoms with Gasteiger partial charge in [-0.15, -0.1) is 0 Å². The third kappa shape index (κ3) is 4.63.